The summed E-state index contributed by atoms with van der Waals surface area (Å²) in [5, 5.41) is 4.84. The van der Waals surface area contributed by atoms with Gasteiger partial charge in [-0.15, -0.1) is 5.01 Å². The number of imide groups is 1. The lowest BCUT2D eigenvalue weighted by Crippen LogP contribution is -2.52. The smallest absolute Gasteiger partial charge is 0.353 e. The summed E-state index contributed by atoms with van der Waals surface area (Å²) in [7, 11) is 2.78. The molecule has 3 rings (SSSR count). The SMILES string of the molecule is C/C=N/N(C(=O)N(C)c1c(F)cccc1OC)C(=O)N(c1ccccc1)C1CCCCC1. The van der Waals surface area contributed by atoms with Gasteiger partial charge in [-0.3, -0.25) is 9.80 Å². The monoisotopic (exact) mass is 440 g/mol. The highest BCUT2D eigenvalue weighted by atomic mass is 19.1. The van der Waals surface area contributed by atoms with Crippen LogP contribution in [0.1, 0.15) is 39.0 Å². The predicted octanol–water partition coefficient (Wildman–Crippen LogP) is 5.66. The molecule has 1 fully saturated rings. The molecular weight excluding hydrogens is 411 g/mol. The molecule has 0 radical (unpaired) electrons. The van der Waals surface area contributed by atoms with E-state index in [1.807, 2.05) is 30.3 Å². The first-order valence-electron chi connectivity index (χ1n) is 10.8. The number of anilines is 2. The second-order valence-corrected chi connectivity index (χ2v) is 7.60. The lowest BCUT2D eigenvalue weighted by Gasteiger charge is -2.36. The van der Waals surface area contributed by atoms with Crippen LogP contribution in [-0.2, 0) is 0 Å². The maximum absolute atomic E-state index is 14.6. The van der Waals surface area contributed by atoms with Crippen LogP contribution in [0, 0.1) is 5.82 Å². The number of carbonyl (C=O) groups is 2. The topological polar surface area (TPSA) is 65.5 Å². The number of hydrogen-bond donors (Lipinski definition) is 0. The van der Waals surface area contributed by atoms with Gasteiger partial charge in [-0.1, -0.05) is 43.5 Å². The first-order chi connectivity index (χ1) is 15.5. The highest BCUT2D eigenvalue weighted by Crippen LogP contribution is 2.32. The average molecular weight is 441 g/mol. The zero-order valence-electron chi connectivity index (χ0n) is 18.7. The summed E-state index contributed by atoms with van der Waals surface area (Å²) < 4.78 is 19.8. The third kappa shape index (κ3) is 4.90. The molecule has 4 amide bonds. The number of methoxy groups -OCH3 is 1. The number of hydrogen-bond acceptors (Lipinski definition) is 4. The molecule has 0 unspecified atom stereocenters. The molecule has 0 bridgehead atoms. The molecule has 2 aromatic carbocycles. The fraction of sp³-hybridized carbons (Fsp3) is 0.375. The minimum absolute atomic E-state index is 0.0469. The first kappa shape index (κ1) is 23.2. The first-order valence-corrected chi connectivity index (χ1v) is 10.8. The second kappa shape index (κ2) is 10.7. The van der Waals surface area contributed by atoms with Crippen molar-refractivity contribution in [1.82, 2.24) is 5.01 Å². The maximum atomic E-state index is 14.6. The Morgan fingerprint density at radius 2 is 1.72 bits per heavy atom. The molecule has 0 saturated heterocycles. The molecule has 1 aliphatic rings. The van der Waals surface area contributed by atoms with Crippen molar-refractivity contribution in [3.63, 3.8) is 0 Å². The van der Waals surface area contributed by atoms with Crippen molar-refractivity contribution in [2.24, 2.45) is 5.10 Å². The summed E-state index contributed by atoms with van der Waals surface area (Å²) in [6.07, 6.45) is 6.20. The average Bonchev–Trinajstić information content (AvgIpc) is 2.83. The number of ether oxygens (including phenoxy) is 1. The van der Waals surface area contributed by atoms with E-state index < -0.39 is 17.9 Å². The van der Waals surface area contributed by atoms with Crippen molar-refractivity contribution >= 4 is 29.7 Å². The molecule has 1 aliphatic carbocycles. The van der Waals surface area contributed by atoms with Gasteiger partial charge in [-0.25, -0.2) is 14.0 Å². The van der Waals surface area contributed by atoms with E-state index in [1.165, 1.54) is 32.5 Å². The second-order valence-electron chi connectivity index (χ2n) is 7.60. The van der Waals surface area contributed by atoms with E-state index in [2.05, 4.69) is 5.10 Å². The van der Waals surface area contributed by atoms with Gasteiger partial charge in [0.1, 0.15) is 11.4 Å². The van der Waals surface area contributed by atoms with Crippen LogP contribution in [0.5, 0.6) is 5.75 Å². The molecule has 0 aliphatic heterocycles. The quantitative estimate of drug-likeness (QED) is 0.445. The molecular formula is C24H29FN4O3. The van der Waals surface area contributed by atoms with Crippen LogP contribution < -0.4 is 14.5 Å². The summed E-state index contributed by atoms with van der Waals surface area (Å²) in [4.78, 5) is 29.8. The zero-order chi connectivity index (χ0) is 23.1. The summed E-state index contributed by atoms with van der Waals surface area (Å²) in [5.41, 5.74) is 0.632. The fourth-order valence-electron chi connectivity index (χ4n) is 4.03. The molecule has 32 heavy (non-hydrogen) atoms. The van der Waals surface area contributed by atoms with E-state index in [4.69, 9.17) is 4.74 Å². The molecule has 0 aromatic heterocycles. The van der Waals surface area contributed by atoms with Crippen molar-refractivity contribution in [2.45, 2.75) is 45.1 Å². The Labute approximate surface area is 188 Å². The van der Waals surface area contributed by atoms with Crippen molar-refractivity contribution in [3.8, 4) is 5.75 Å². The van der Waals surface area contributed by atoms with Gasteiger partial charge in [0.15, 0.2) is 5.82 Å². The Balaban J connectivity index is 1.98. The van der Waals surface area contributed by atoms with Crippen LogP contribution in [0.4, 0.5) is 25.4 Å². The largest absolute Gasteiger partial charge is 0.494 e. The fourth-order valence-corrected chi connectivity index (χ4v) is 4.03. The van der Waals surface area contributed by atoms with Gasteiger partial charge in [0.2, 0.25) is 0 Å². The van der Waals surface area contributed by atoms with Gasteiger partial charge in [-0.2, -0.15) is 5.10 Å². The van der Waals surface area contributed by atoms with Gasteiger partial charge >= 0.3 is 12.1 Å². The molecule has 170 valence electrons. The third-order valence-electron chi connectivity index (χ3n) is 5.57. The van der Waals surface area contributed by atoms with Crippen molar-refractivity contribution < 1.29 is 18.7 Å². The van der Waals surface area contributed by atoms with Crippen LogP contribution >= 0.6 is 0 Å². The number of para-hydroxylation sites is 2. The Morgan fingerprint density at radius 3 is 2.34 bits per heavy atom. The van der Waals surface area contributed by atoms with E-state index in [1.54, 1.807) is 17.9 Å². The van der Waals surface area contributed by atoms with Gasteiger partial charge in [0.25, 0.3) is 0 Å². The van der Waals surface area contributed by atoms with Gasteiger partial charge < -0.3 is 4.74 Å². The number of urea groups is 2. The van der Waals surface area contributed by atoms with Crippen molar-refractivity contribution in [1.29, 1.82) is 0 Å². The van der Waals surface area contributed by atoms with Crippen molar-refractivity contribution in [2.75, 3.05) is 24.0 Å². The summed E-state index contributed by atoms with van der Waals surface area (Å²) in [6, 6.07) is 12.1. The molecule has 0 N–H and O–H groups in total. The number of benzene rings is 2. The normalized spacial score (nSPS) is 14.2. The number of halogens is 1. The number of rotatable bonds is 5. The molecule has 2 aromatic rings. The van der Waals surface area contributed by atoms with Crippen LogP contribution in [0.15, 0.2) is 53.6 Å². The van der Waals surface area contributed by atoms with E-state index in [-0.39, 0.29) is 17.5 Å². The minimum atomic E-state index is -0.784. The zero-order valence-corrected chi connectivity index (χ0v) is 18.7. The van der Waals surface area contributed by atoms with Crippen LogP contribution in [0.3, 0.4) is 0 Å². The number of amides is 4. The van der Waals surface area contributed by atoms with Crippen LogP contribution in [0.2, 0.25) is 0 Å². The molecule has 0 spiro atoms. The van der Waals surface area contributed by atoms with Crippen LogP contribution in [0.25, 0.3) is 0 Å². The summed E-state index contributed by atoms with van der Waals surface area (Å²) >= 11 is 0. The highest BCUT2D eigenvalue weighted by Gasteiger charge is 2.35. The molecule has 7 nitrogen and oxygen atoms in total. The minimum Gasteiger partial charge on any atom is -0.494 e. The number of carbonyl (C=O) groups excluding carboxylic acids is 2. The van der Waals surface area contributed by atoms with E-state index >= 15 is 0 Å². The van der Waals surface area contributed by atoms with E-state index in [0.29, 0.717) is 5.69 Å². The summed E-state index contributed by atoms with van der Waals surface area (Å²) in [6.45, 7) is 1.62. The number of hydrazone groups is 1. The maximum Gasteiger partial charge on any atom is 0.353 e. The molecule has 0 heterocycles. The van der Waals surface area contributed by atoms with E-state index in [0.717, 1.165) is 42.0 Å². The van der Waals surface area contributed by atoms with Crippen molar-refractivity contribution in [3.05, 3.63) is 54.3 Å². The predicted molar refractivity (Wildman–Crippen MR) is 124 cm³/mol. The highest BCUT2D eigenvalue weighted by molar-refractivity contribution is 6.07. The lowest BCUT2D eigenvalue weighted by atomic mass is 9.94. The molecule has 1 saturated carbocycles. The Hall–Kier alpha value is -3.42. The van der Waals surface area contributed by atoms with E-state index in [9.17, 15) is 14.0 Å². The van der Waals surface area contributed by atoms with Crippen LogP contribution in [-0.4, -0.2) is 43.5 Å². The van der Waals surface area contributed by atoms with Gasteiger partial charge in [0.05, 0.1) is 7.11 Å². The standard InChI is InChI=1S/C24H29FN4O3/c1-4-26-29(23(30)27(2)22-20(25)16-11-17-21(22)32-3)24(31)28(18-12-7-5-8-13-18)19-14-9-6-10-15-19/h4-5,7-8,11-13,16-17,19H,6,9-10,14-15H2,1-3H3/b26-4+. The lowest BCUT2D eigenvalue weighted by molar-refractivity contribution is 0.193. The molecule has 0 atom stereocenters. The summed E-state index contributed by atoms with van der Waals surface area (Å²) in [5.74, 6) is -0.457. The van der Waals surface area contributed by atoms with Gasteiger partial charge in [-0.05, 0) is 44.0 Å². The Bertz CT molecular complexity index is 961. The third-order valence-corrected chi connectivity index (χ3v) is 5.57. The Kier molecular flexibility index (Phi) is 7.81. The molecule has 8 heteroatoms. The van der Waals surface area contributed by atoms with Gasteiger partial charge in [0, 0.05) is 25.0 Å². The Morgan fingerprint density at radius 1 is 1.03 bits per heavy atom. The number of nitrogens with zero attached hydrogens (tertiary/aromatic N) is 4.